The van der Waals surface area contributed by atoms with E-state index in [9.17, 15) is 5.11 Å². The van der Waals surface area contributed by atoms with E-state index in [1.54, 1.807) is 20.2 Å². The van der Waals surface area contributed by atoms with E-state index in [0.717, 1.165) is 11.1 Å². The largest absolute Gasteiger partial charge is 0.508 e. The Labute approximate surface area is 154 Å². The molecule has 0 aliphatic carbocycles. The van der Waals surface area contributed by atoms with Crippen molar-refractivity contribution in [2.45, 2.75) is 13.0 Å². The van der Waals surface area contributed by atoms with Gasteiger partial charge in [0.2, 0.25) is 0 Å². The number of aromatic hydroxyl groups is 1. The van der Waals surface area contributed by atoms with Gasteiger partial charge < -0.3 is 25.2 Å². The van der Waals surface area contributed by atoms with Crippen molar-refractivity contribution in [1.29, 1.82) is 0 Å². The Kier molecular flexibility index (Phi) is 8.29. The molecule has 0 radical (unpaired) electrons. The minimum atomic E-state index is 0.239. The van der Waals surface area contributed by atoms with Crippen molar-refractivity contribution in [3.8, 4) is 11.5 Å². The van der Waals surface area contributed by atoms with Crippen LogP contribution in [0.1, 0.15) is 11.1 Å². The van der Waals surface area contributed by atoms with Gasteiger partial charge in [0.25, 0.3) is 0 Å². The number of methoxy groups -OCH3 is 1. The summed E-state index contributed by atoms with van der Waals surface area (Å²) in [7, 11) is 3.31. The Morgan fingerprint density at radius 2 is 1.85 bits per heavy atom. The Balaban J connectivity index is 1.63. The van der Waals surface area contributed by atoms with Gasteiger partial charge in [-0.15, -0.1) is 0 Å². The molecule has 3 N–H and O–H groups in total. The van der Waals surface area contributed by atoms with E-state index >= 15 is 0 Å². The number of guanidine groups is 1. The third-order valence-corrected chi connectivity index (χ3v) is 3.85. The second-order valence-electron chi connectivity index (χ2n) is 5.71. The smallest absolute Gasteiger partial charge is 0.191 e. The normalized spacial score (nSPS) is 11.2. The van der Waals surface area contributed by atoms with Gasteiger partial charge in [0.15, 0.2) is 5.96 Å². The molecular weight excluding hydrogens is 330 g/mol. The number of hydrogen-bond acceptors (Lipinski definition) is 4. The molecule has 26 heavy (non-hydrogen) atoms. The van der Waals surface area contributed by atoms with Gasteiger partial charge in [-0.25, -0.2) is 0 Å². The first-order valence-electron chi connectivity index (χ1n) is 8.65. The van der Waals surface area contributed by atoms with Crippen molar-refractivity contribution in [1.82, 2.24) is 10.6 Å². The summed E-state index contributed by atoms with van der Waals surface area (Å²) in [5, 5.41) is 16.4. The number of benzene rings is 2. The fourth-order valence-corrected chi connectivity index (χ4v) is 2.42. The summed E-state index contributed by atoms with van der Waals surface area (Å²) in [6.07, 6.45) is 0.682. The number of rotatable bonds is 9. The van der Waals surface area contributed by atoms with Crippen molar-refractivity contribution in [2.24, 2.45) is 4.99 Å². The van der Waals surface area contributed by atoms with Crippen LogP contribution < -0.4 is 15.4 Å². The highest BCUT2D eigenvalue weighted by Crippen LogP contribution is 2.23. The van der Waals surface area contributed by atoms with Crippen LogP contribution in [0.3, 0.4) is 0 Å². The molecule has 0 aliphatic heterocycles. The Morgan fingerprint density at radius 1 is 1.08 bits per heavy atom. The van der Waals surface area contributed by atoms with Gasteiger partial charge in [-0.3, -0.25) is 4.99 Å². The van der Waals surface area contributed by atoms with Crippen LogP contribution in [0.15, 0.2) is 53.5 Å². The van der Waals surface area contributed by atoms with Gasteiger partial charge in [-0.2, -0.15) is 0 Å². The molecule has 140 valence electrons. The molecule has 2 aromatic carbocycles. The molecule has 0 bridgehead atoms. The van der Waals surface area contributed by atoms with E-state index in [4.69, 9.17) is 9.47 Å². The predicted molar refractivity (Wildman–Crippen MR) is 104 cm³/mol. The molecule has 0 atom stereocenters. The number of nitrogens with one attached hydrogen (secondary N) is 2. The number of phenolic OH excluding ortho intramolecular Hbond substituents is 1. The first kappa shape index (κ1) is 19.6. The van der Waals surface area contributed by atoms with Crippen molar-refractivity contribution in [3.63, 3.8) is 0 Å². The zero-order valence-electron chi connectivity index (χ0n) is 15.4. The number of aliphatic imine (C=N–C) groups is 1. The van der Waals surface area contributed by atoms with Gasteiger partial charge in [0.05, 0.1) is 20.3 Å². The minimum absolute atomic E-state index is 0.239. The molecule has 2 rings (SSSR count). The fourth-order valence-electron chi connectivity index (χ4n) is 2.42. The second kappa shape index (κ2) is 11.0. The molecule has 0 spiro atoms. The highest BCUT2D eigenvalue weighted by Gasteiger charge is 2.04. The van der Waals surface area contributed by atoms with E-state index < -0.39 is 0 Å². The molecule has 2 aromatic rings. The lowest BCUT2D eigenvalue weighted by Gasteiger charge is -2.13. The van der Waals surface area contributed by atoms with E-state index in [0.29, 0.717) is 44.4 Å². The summed E-state index contributed by atoms with van der Waals surface area (Å²) in [6.45, 7) is 2.52. The molecule has 0 unspecified atom stereocenters. The SMILES string of the molecule is CN=C(NCCOCc1ccccc1)NCCc1ccc(OC)cc1O. The molecule has 6 heteroatoms. The Bertz CT molecular complexity index is 690. The molecule has 0 aromatic heterocycles. The molecule has 0 fully saturated rings. The zero-order chi connectivity index (χ0) is 18.6. The van der Waals surface area contributed by atoms with Crippen molar-refractivity contribution < 1.29 is 14.6 Å². The van der Waals surface area contributed by atoms with Crippen molar-refractivity contribution in [2.75, 3.05) is 33.9 Å². The maximum atomic E-state index is 9.97. The van der Waals surface area contributed by atoms with Gasteiger partial charge in [0, 0.05) is 26.2 Å². The van der Waals surface area contributed by atoms with E-state index in [2.05, 4.69) is 15.6 Å². The van der Waals surface area contributed by atoms with E-state index in [-0.39, 0.29) is 5.75 Å². The predicted octanol–water partition coefficient (Wildman–Crippen LogP) is 2.33. The lowest BCUT2D eigenvalue weighted by Crippen LogP contribution is -2.39. The molecule has 0 saturated heterocycles. The summed E-state index contributed by atoms with van der Waals surface area (Å²) in [5.41, 5.74) is 2.02. The number of hydrogen-bond donors (Lipinski definition) is 3. The lowest BCUT2D eigenvalue weighted by molar-refractivity contribution is 0.125. The lowest BCUT2D eigenvalue weighted by atomic mass is 10.1. The fraction of sp³-hybridized carbons (Fsp3) is 0.350. The highest BCUT2D eigenvalue weighted by molar-refractivity contribution is 5.79. The van der Waals surface area contributed by atoms with Gasteiger partial charge in [-0.1, -0.05) is 36.4 Å². The molecular formula is C20H27N3O3. The van der Waals surface area contributed by atoms with Crippen LogP contribution in [0.5, 0.6) is 11.5 Å². The van der Waals surface area contributed by atoms with E-state index in [1.807, 2.05) is 42.5 Å². The second-order valence-corrected chi connectivity index (χ2v) is 5.71. The topological polar surface area (TPSA) is 75.1 Å². The minimum Gasteiger partial charge on any atom is -0.508 e. The van der Waals surface area contributed by atoms with Crippen molar-refractivity contribution >= 4 is 5.96 Å². The molecule has 6 nitrogen and oxygen atoms in total. The molecule has 0 aliphatic rings. The summed E-state index contributed by atoms with van der Waals surface area (Å²) >= 11 is 0. The number of nitrogens with zero attached hydrogens (tertiary/aromatic N) is 1. The summed E-state index contributed by atoms with van der Waals surface area (Å²) < 4.78 is 10.7. The van der Waals surface area contributed by atoms with Crippen LogP contribution >= 0.6 is 0 Å². The average molecular weight is 357 g/mol. The van der Waals surface area contributed by atoms with Gasteiger partial charge >= 0.3 is 0 Å². The third kappa shape index (κ3) is 6.64. The van der Waals surface area contributed by atoms with Crippen LogP contribution in [0.2, 0.25) is 0 Å². The zero-order valence-corrected chi connectivity index (χ0v) is 15.4. The van der Waals surface area contributed by atoms with E-state index in [1.165, 1.54) is 0 Å². The Morgan fingerprint density at radius 3 is 2.54 bits per heavy atom. The first-order valence-corrected chi connectivity index (χ1v) is 8.65. The van der Waals surface area contributed by atoms with Gasteiger partial charge in [0.1, 0.15) is 11.5 Å². The van der Waals surface area contributed by atoms with Crippen LogP contribution in [-0.4, -0.2) is 44.9 Å². The summed E-state index contributed by atoms with van der Waals surface area (Å²) in [5.74, 6) is 1.59. The first-order chi connectivity index (χ1) is 12.7. The Hall–Kier alpha value is -2.73. The molecule has 0 amide bonds. The van der Waals surface area contributed by atoms with Crippen LogP contribution in [0.4, 0.5) is 0 Å². The van der Waals surface area contributed by atoms with Crippen molar-refractivity contribution in [3.05, 3.63) is 59.7 Å². The van der Waals surface area contributed by atoms with Crippen LogP contribution in [-0.2, 0) is 17.8 Å². The monoisotopic (exact) mass is 357 g/mol. The maximum absolute atomic E-state index is 9.97. The maximum Gasteiger partial charge on any atom is 0.191 e. The standard InChI is InChI=1S/C20H27N3O3/c1-21-20(23-12-13-26-15-16-6-4-3-5-7-16)22-11-10-17-8-9-18(25-2)14-19(17)24/h3-9,14,24H,10-13,15H2,1-2H3,(H2,21,22,23). The summed E-state index contributed by atoms with van der Waals surface area (Å²) in [6, 6.07) is 15.4. The highest BCUT2D eigenvalue weighted by atomic mass is 16.5. The number of phenols is 1. The quantitative estimate of drug-likeness (QED) is 0.365. The van der Waals surface area contributed by atoms with Crippen LogP contribution in [0.25, 0.3) is 0 Å². The average Bonchev–Trinajstić information content (AvgIpc) is 2.68. The van der Waals surface area contributed by atoms with Gasteiger partial charge in [-0.05, 0) is 23.6 Å². The molecule has 0 saturated carbocycles. The number of ether oxygens (including phenoxy) is 2. The third-order valence-electron chi connectivity index (χ3n) is 3.85. The molecule has 0 heterocycles. The summed E-state index contributed by atoms with van der Waals surface area (Å²) in [4.78, 5) is 4.18. The van der Waals surface area contributed by atoms with Crippen LogP contribution in [0, 0.1) is 0 Å².